The molecule has 0 spiro atoms. The highest BCUT2D eigenvalue weighted by atomic mass is 19.1. The van der Waals surface area contributed by atoms with Gasteiger partial charge in [0.1, 0.15) is 24.0 Å². The Kier molecular flexibility index (Phi) is 6.16. The van der Waals surface area contributed by atoms with Crippen LogP contribution in [0.25, 0.3) is 10.9 Å². The highest BCUT2D eigenvalue weighted by Gasteiger charge is 2.45. The first-order valence-corrected chi connectivity index (χ1v) is 13.5. The summed E-state index contributed by atoms with van der Waals surface area (Å²) in [4.78, 5) is 22.6. The molecule has 2 N–H and O–H groups in total. The molecule has 1 atom stereocenters. The molecule has 40 heavy (non-hydrogen) atoms. The first kappa shape index (κ1) is 25.0. The van der Waals surface area contributed by atoms with Crippen molar-refractivity contribution in [1.82, 2.24) is 20.1 Å². The largest absolute Gasteiger partial charge is 0.492 e. The number of H-pyrrole nitrogens is 1. The van der Waals surface area contributed by atoms with E-state index in [1.54, 1.807) is 15.9 Å². The maximum Gasteiger partial charge on any atom is 0.258 e. The molecule has 4 heterocycles. The lowest BCUT2D eigenvalue weighted by Crippen LogP contribution is -2.51. The number of rotatable bonds is 5. The van der Waals surface area contributed by atoms with Gasteiger partial charge in [-0.25, -0.2) is 13.2 Å². The van der Waals surface area contributed by atoms with Crippen molar-refractivity contribution in [2.45, 2.75) is 12.6 Å². The zero-order chi connectivity index (χ0) is 27.4. The Bertz CT molecular complexity index is 1620. The Morgan fingerprint density at radius 3 is 2.62 bits per heavy atom. The van der Waals surface area contributed by atoms with Crippen LogP contribution in [0.4, 0.5) is 24.5 Å². The molecule has 3 aliphatic rings. The van der Waals surface area contributed by atoms with Gasteiger partial charge >= 0.3 is 0 Å². The minimum absolute atomic E-state index is 0.0679. The number of carbonyl (C=O) groups excluding carboxylic acids is 1. The second kappa shape index (κ2) is 9.87. The summed E-state index contributed by atoms with van der Waals surface area (Å²) in [5, 5.41) is 4.31. The number of ether oxygens (including phenoxy) is 1. The molecule has 0 bridgehead atoms. The number of aromatic amines is 1. The van der Waals surface area contributed by atoms with Gasteiger partial charge in [0.15, 0.2) is 12.0 Å². The molecule has 206 valence electrons. The topological polar surface area (TPSA) is 63.8 Å². The van der Waals surface area contributed by atoms with Gasteiger partial charge < -0.3 is 24.8 Å². The number of halogens is 3. The van der Waals surface area contributed by atoms with E-state index < -0.39 is 29.5 Å². The molecule has 4 aromatic rings. The lowest BCUT2D eigenvalue weighted by Gasteiger charge is -2.47. The quantitative estimate of drug-likeness (QED) is 0.379. The fourth-order valence-electron chi connectivity index (χ4n) is 6.19. The number of amides is 1. The third kappa shape index (κ3) is 4.18. The van der Waals surface area contributed by atoms with E-state index in [4.69, 9.17) is 4.74 Å². The van der Waals surface area contributed by atoms with Gasteiger partial charge in [-0.15, -0.1) is 0 Å². The van der Waals surface area contributed by atoms with E-state index in [0.717, 1.165) is 67.1 Å². The average molecular weight is 548 g/mol. The molecule has 1 fully saturated rings. The molecule has 3 aliphatic heterocycles. The van der Waals surface area contributed by atoms with E-state index in [0.29, 0.717) is 31.0 Å². The number of nitrogens with one attached hydrogen (secondary N) is 2. The Hall–Kier alpha value is -4.02. The average Bonchev–Trinajstić information content (AvgIpc) is 3.32. The van der Waals surface area contributed by atoms with Crippen LogP contribution in [-0.4, -0.2) is 66.6 Å². The molecular weight excluding hydrogens is 519 g/mol. The summed E-state index contributed by atoms with van der Waals surface area (Å²) in [6.07, 6.45) is -0.221. The maximum absolute atomic E-state index is 15.4. The monoisotopic (exact) mass is 547 g/mol. The molecule has 0 radical (unpaired) electrons. The Labute approximate surface area is 229 Å². The molecule has 10 heteroatoms. The second-order valence-electron chi connectivity index (χ2n) is 10.4. The van der Waals surface area contributed by atoms with Crippen molar-refractivity contribution >= 4 is 28.2 Å². The number of piperazine rings is 1. The summed E-state index contributed by atoms with van der Waals surface area (Å²) in [5.74, 6) is -1.93. The van der Waals surface area contributed by atoms with Crippen LogP contribution in [0.5, 0.6) is 5.75 Å². The zero-order valence-electron chi connectivity index (χ0n) is 21.7. The number of anilines is 2. The van der Waals surface area contributed by atoms with Gasteiger partial charge in [0, 0.05) is 61.9 Å². The molecular formula is C30H28F3N5O2. The van der Waals surface area contributed by atoms with Crippen LogP contribution in [0, 0.1) is 17.5 Å². The van der Waals surface area contributed by atoms with Crippen molar-refractivity contribution in [3.8, 4) is 5.75 Å². The van der Waals surface area contributed by atoms with E-state index in [1.807, 2.05) is 18.2 Å². The molecule has 0 aliphatic carbocycles. The molecule has 7 nitrogen and oxygen atoms in total. The van der Waals surface area contributed by atoms with Crippen molar-refractivity contribution in [2.75, 3.05) is 50.8 Å². The number of fused-ring (bicyclic) bond motifs is 6. The van der Waals surface area contributed by atoms with Crippen molar-refractivity contribution < 1.29 is 22.7 Å². The summed E-state index contributed by atoms with van der Waals surface area (Å²) >= 11 is 0. The second-order valence-corrected chi connectivity index (χ2v) is 10.4. The minimum Gasteiger partial charge on any atom is -0.492 e. The van der Waals surface area contributed by atoms with E-state index in [2.05, 4.69) is 15.2 Å². The van der Waals surface area contributed by atoms with Gasteiger partial charge in [-0.05, 0) is 54.4 Å². The fourth-order valence-corrected chi connectivity index (χ4v) is 6.19. The number of carbonyl (C=O) groups is 1. The number of hydrogen-bond acceptors (Lipinski definition) is 5. The van der Waals surface area contributed by atoms with Crippen molar-refractivity contribution in [2.24, 2.45) is 0 Å². The SMILES string of the molecule is O=C1c2cc(F)cc(F)c2N(c2cccc(F)c2)C2c3[nH]c4ccc(OCCN5CCNCC5)cc4c3CCN12. The summed E-state index contributed by atoms with van der Waals surface area (Å²) in [6, 6.07) is 13.4. The molecule has 1 saturated heterocycles. The first-order valence-electron chi connectivity index (χ1n) is 13.5. The van der Waals surface area contributed by atoms with Crippen LogP contribution in [-0.2, 0) is 6.42 Å². The summed E-state index contributed by atoms with van der Waals surface area (Å²) in [5.41, 5.74) is 2.77. The smallest absolute Gasteiger partial charge is 0.258 e. The fraction of sp³-hybridized carbons (Fsp3) is 0.300. The van der Waals surface area contributed by atoms with Crippen LogP contribution >= 0.6 is 0 Å². The van der Waals surface area contributed by atoms with E-state index in [-0.39, 0.29) is 11.3 Å². The lowest BCUT2D eigenvalue weighted by atomic mass is 9.94. The van der Waals surface area contributed by atoms with Gasteiger partial charge in [-0.3, -0.25) is 9.69 Å². The predicted molar refractivity (Wildman–Crippen MR) is 145 cm³/mol. The highest BCUT2D eigenvalue weighted by Crippen LogP contribution is 2.48. The van der Waals surface area contributed by atoms with Crippen molar-refractivity contribution in [3.05, 3.63) is 88.9 Å². The molecule has 1 unspecified atom stereocenters. The van der Waals surface area contributed by atoms with E-state index in [1.165, 1.54) is 18.2 Å². The van der Waals surface area contributed by atoms with Crippen LogP contribution < -0.4 is 15.0 Å². The molecule has 3 aromatic carbocycles. The van der Waals surface area contributed by atoms with E-state index in [9.17, 15) is 13.6 Å². The van der Waals surface area contributed by atoms with Crippen LogP contribution in [0.3, 0.4) is 0 Å². The normalized spacial score (nSPS) is 19.0. The van der Waals surface area contributed by atoms with Gasteiger partial charge in [-0.2, -0.15) is 0 Å². The van der Waals surface area contributed by atoms with Crippen molar-refractivity contribution in [1.29, 1.82) is 0 Å². The van der Waals surface area contributed by atoms with Gasteiger partial charge in [0.05, 0.1) is 16.9 Å². The van der Waals surface area contributed by atoms with Crippen LogP contribution in [0.2, 0.25) is 0 Å². The molecule has 1 amide bonds. The molecule has 7 rings (SSSR count). The molecule has 0 saturated carbocycles. The van der Waals surface area contributed by atoms with Gasteiger partial charge in [0.2, 0.25) is 0 Å². The van der Waals surface area contributed by atoms with Crippen molar-refractivity contribution in [3.63, 3.8) is 0 Å². The third-order valence-electron chi connectivity index (χ3n) is 8.04. The summed E-state index contributed by atoms with van der Waals surface area (Å²) in [6.45, 7) is 5.73. The van der Waals surface area contributed by atoms with Crippen LogP contribution in [0.15, 0.2) is 54.6 Å². The van der Waals surface area contributed by atoms with Crippen LogP contribution in [0.1, 0.15) is 27.8 Å². The predicted octanol–water partition coefficient (Wildman–Crippen LogP) is 4.72. The number of hydrogen-bond donors (Lipinski definition) is 2. The lowest BCUT2D eigenvalue weighted by molar-refractivity contribution is 0.0639. The Morgan fingerprint density at radius 2 is 1.80 bits per heavy atom. The van der Waals surface area contributed by atoms with Gasteiger partial charge in [0.25, 0.3) is 5.91 Å². The number of benzene rings is 3. The van der Waals surface area contributed by atoms with Gasteiger partial charge in [-0.1, -0.05) is 6.07 Å². The minimum atomic E-state index is -0.879. The summed E-state index contributed by atoms with van der Waals surface area (Å²) < 4.78 is 50.2. The first-order chi connectivity index (χ1) is 19.5. The number of aromatic nitrogens is 1. The Balaban J connectivity index is 1.29. The molecule has 1 aromatic heterocycles. The highest BCUT2D eigenvalue weighted by molar-refractivity contribution is 6.04. The summed E-state index contributed by atoms with van der Waals surface area (Å²) in [7, 11) is 0. The Morgan fingerprint density at radius 1 is 0.950 bits per heavy atom. The standard InChI is InChI=1S/C30H28F3N5O2/c31-18-2-1-3-20(14-18)38-28-24(15-19(32)16-25(28)33)30(39)37-9-6-22-23-17-21(4-5-26(23)35-27(22)29(37)38)40-13-12-36-10-7-34-8-11-36/h1-5,14-17,29,34-35H,6-13H2. The third-order valence-corrected chi connectivity index (χ3v) is 8.04. The zero-order valence-corrected chi connectivity index (χ0v) is 21.7. The number of nitrogens with zero attached hydrogens (tertiary/aromatic N) is 3. The maximum atomic E-state index is 15.4. The van der Waals surface area contributed by atoms with E-state index >= 15 is 4.39 Å².